The zero-order chi connectivity index (χ0) is 19.5. The smallest absolute Gasteiger partial charge is 0.190 e. The standard InChI is InChI=1S/C21H37N5O/c1-18(2)10-12-24-21(22-3)23-11-5-13-25-14-16-26(17-15-25)19-6-8-20(27-4)9-7-19/h6-9,18H,5,10-17H2,1-4H3,(H2,22,23,24). The third kappa shape index (κ3) is 7.67. The molecule has 0 spiro atoms. The number of hydrogen-bond donors (Lipinski definition) is 2. The van der Waals surface area contributed by atoms with Crippen molar-refractivity contribution in [2.75, 3.05) is 64.9 Å². The Morgan fingerprint density at radius 3 is 2.33 bits per heavy atom. The number of piperazine rings is 1. The average molecular weight is 376 g/mol. The third-order valence-corrected chi connectivity index (χ3v) is 4.99. The summed E-state index contributed by atoms with van der Waals surface area (Å²) < 4.78 is 5.24. The fourth-order valence-corrected chi connectivity index (χ4v) is 3.23. The topological polar surface area (TPSA) is 52.1 Å². The summed E-state index contributed by atoms with van der Waals surface area (Å²) in [5.74, 6) is 2.55. The number of benzene rings is 1. The van der Waals surface area contributed by atoms with E-state index in [1.165, 1.54) is 12.1 Å². The Morgan fingerprint density at radius 2 is 1.74 bits per heavy atom. The highest BCUT2D eigenvalue weighted by Gasteiger charge is 2.16. The number of ether oxygens (including phenoxy) is 1. The largest absolute Gasteiger partial charge is 0.497 e. The second kappa shape index (κ2) is 11.7. The number of methoxy groups -OCH3 is 1. The molecule has 0 aromatic heterocycles. The van der Waals surface area contributed by atoms with Crippen molar-refractivity contribution in [2.24, 2.45) is 10.9 Å². The molecule has 1 aromatic rings. The molecule has 6 heteroatoms. The van der Waals surface area contributed by atoms with E-state index in [4.69, 9.17) is 4.74 Å². The van der Waals surface area contributed by atoms with Crippen molar-refractivity contribution in [3.8, 4) is 5.75 Å². The van der Waals surface area contributed by atoms with Crippen molar-refractivity contribution in [3.63, 3.8) is 0 Å². The molecule has 0 saturated carbocycles. The summed E-state index contributed by atoms with van der Waals surface area (Å²) in [4.78, 5) is 9.30. The maximum Gasteiger partial charge on any atom is 0.190 e. The van der Waals surface area contributed by atoms with E-state index in [1.54, 1.807) is 7.11 Å². The Hall–Kier alpha value is -1.95. The zero-order valence-corrected chi connectivity index (χ0v) is 17.5. The van der Waals surface area contributed by atoms with E-state index in [0.29, 0.717) is 5.92 Å². The molecule has 0 amide bonds. The molecule has 1 saturated heterocycles. The van der Waals surface area contributed by atoms with Crippen molar-refractivity contribution in [1.82, 2.24) is 15.5 Å². The summed E-state index contributed by atoms with van der Waals surface area (Å²) in [6, 6.07) is 8.37. The maximum absolute atomic E-state index is 5.24. The molecule has 0 aliphatic carbocycles. The lowest BCUT2D eigenvalue weighted by Gasteiger charge is -2.36. The predicted molar refractivity (Wildman–Crippen MR) is 115 cm³/mol. The first-order valence-electron chi connectivity index (χ1n) is 10.2. The third-order valence-electron chi connectivity index (χ3n) is 4.99. The Labute approximate surface area is 165 Å². The van der Waals surface area contributed by atoms with Crippen LogP contribution < -0.4 is 20.3 Å². The fraction of sp³-hybridized carbons (Fsp3) is 0.667. The molecule has 152 valence electrons. The van der Waals surface area contributed by atoms with Gasteiger partial charge in [0.1, 0.15) is 5.75 Å². The van der Waals surface area contributed by atoms with Gasteiger partial charge in [-0.2, -0.15) is 0 Å². The van der Waals surface area contributed by atoms with Crippen LogP contribution in [0.2, 0.25) is 0 Å². The van der Waals surface area contributed by atoms with Crippen LogP contribution in [-0.4, -0.2) is 70.8 Å². The van der Waals surface area contributed by atoms with E-state index >= 15 is 0 Å². The van der Waals surface area contributed by atoms with Gasteiger partial charge in [0.2, 0.25) is 0 Å². The first kappa shape index (κ1) is 21.4. The van der Waals surface area contributed by atoms with Gasteiger partial charge in [-0.05, 0) is 49.6 Å². The number of hydrogen-bond acceptors (Lipinski definition) is 4. The van der Waals surface area contributed by atoms with Gasteiger partial charge in [0.25, 0.3) is 0 Å². The molecule has 0 unspecified atom stereocenters. The molecule has 1 heterocycles. The lowest BCUT2D eigenvalue weighted by Crippen LogP contribution is -2.47. The van der Waals surface area contributed by atoms with Crippen LogP contribution in [-0.2, 0) is 0 Å². The van der Waals surface area contributed by atoms with Crippen LogP contribution in [0.25, 0.3) is 0 Å². The molecule has 2 rings (SSSR count). The van der Waals surface area contributed by atoms with Gasteiger partial charge < -0.3 is 20.3 Å². The minimum Gasteiger partial charge on any atom is -0.497 e. The molecule has 1 aromatic carbocycles. The van der Waals surface area contributed by atoms with Gasteiger partial charge in [0.15, 0.2) is 5.96 Å². The van der Waals surface area contributed by atoms with Gasteiger partial charge in [-0.3, -0.25) is 9.89 Å². The molecule has 0 bridgehead atoms. The number of aliphatic imine (C=N–C) groups is 1. The molecule has 0 radical (unpaired) electrons. The van der Waals surface area contributed by atoms with E-state index in [-0.39, 0.29) is 0 Å². The van der Waals surface area contributed by atoms with Crippen molar-refractivity contribution >= 4 is 11.6 Å². The minimum absolute atomic E-state index is 0.715. The normalized spacial score (nSPS) is 15.9. The predicted octanol–water partition coefficient (Wildman–Crippen LogP) is 2.42. The highest BCUT2D eigenvalue weighted by Crippen LogP contribution is 2.20. The van der Waals surface area contributed by atoms with Gasteiger partial charge >= 0.3 is 0 Å². The summed E-state index contributed by atoms with van der Waals surface area (Å²) >= 11 is 0. The van der Waals surface area contributed by atoms with Crippen LogP contribution in [0.3, 0.4) is 0 Å². The van der Waals surface area contributed by atoms with Gasteiger partial charge in [-0.1, -0.05) is 13.8 Å². The molecular formula is C21H37N5O. The van der Waals surface area contributed by atoms with Gasteiger partial charge in [0.05, 0.1) is 7.11 Å². The Morgan fingerprint density at radius 1 is 1.07 bits per heavy atom. The summed E-state index contributed by atoms with van der Waals surface area (Å²) in [7, 11) is 3.54. The molecule has 0 atom stereocenters. The number of rotatable bonds is 9. The van der Waals surface area contributed by atoms with Gasteiger partial charge in [-0.25, -0.2) is 0 Å². The Bertz CT molecular complexity index is 550. The molecule has 1 aliphatic rings. The van der Waals surface area contributed by atoms with Gasteiger partial charge in [0, 0.05) is 52.0 Å². The lowest BCUT2D eigenvalue weighted by molar-refractivity contribution is 0.255. The Kier molecular flexibility index (Phi) is 9.25. The molecule has 2 N–H and O–H groups in total. The van der Waals surface area contributed by atoms with Crippen molar-refractivity contribution in [3.05, 3.63) is 24.3 Å². The molecule has 6 nitrogen and oxygen atoms in total. The second-order valence-electron chi connectivity index (χ2n) is 7.49. The number of nitrogens with one attached hydrogen (secondary N) is 2. The fourth-order valence-electron chi connectivity index (χ4n) is 3.23. The van der Waals surface area contributed by atoms with Crippen LogP contribution in [0.5, 0.6) is 5.75 Å². The summed E-state index contributed by atoms with van der Waals surface area (Å²) in [5, 5.41) is 6.80. The molecule has 1 aliphatic heterocycles. The van der Waals surface area contributed by atoms with Crippen molar-refractivity contribution < 1.29 is 4.74 Å². The number of anilines is 1. The van der Waals surface area contributed by atoms with Crippen LogP contribution in [0.4, 0.5) is 5.69 Å². The van der Waals surface area contributed by atoms with Crippen LogP contribution >= 0.6 is 0 Å². The van der Waals surface area contributed by atoms with Crippen LogP contribution in [0.15, 0.2) is 29.3 Å². The highest BCUT2D eigenvalue weighted by atomic mass is 16.5. The van der Waals surface area contributed by atoms with Crippen LogP contribution in [0.1, 0.15) is 26.7 Å². The SMILES string of the molecule is CN=C(NCCCN1CCN(c2ccc(OC)cc2)CC1)NCCC(C)C. The minimum atomic E-state index is 0.715. The van der Waals surface area contributed by atoms with E-state index in [9.17, 15) is 0 Å². The first-order valence-corrected chi connectivity index (χ1v) is 10.2. The molecular weight excluding hydrogens is 338 g/mol. The van der Waals surface area contributed by atoms with Crippen LogP contribution in [0, 0.1) is 5.92 Å². The number of nitrogens with zero attached hydrogens (tertiary/aromatic N) is 3. The van der Waals surface area contributed by atoms with E-state index < -0.39 is 0 Å². The average Bonchev–Trinajstić information content (AvgIpc) is 2.70. The summed E-state index contributed by atoms with van der Waals surface area (Å²) in [6.45, 7) is 12.0. The Balaban J connectivity index is 1.60. The monoisotopic (exact) mass is 375 g/mol. The quantitative estimate of drug-likeness (QED) is 0.394. The lowest BCUT2D eigenvalue weighted by atomic mass is 10.1. The van der Waals surface area contributed by atoms with E-state index in [1.807, 2.05) is 19.2 Å². The van der Waals surface area contributed by atoms with Crippen molar-refractivity contribution in [2.45, 2.75) is 26.7 Å². The highest BCUT2D eigenvalue weighted by molar-refractivity contribution is 5.79. The second-order valence-corrected chi connectivity index (χ2v) is 7.49. The summed E-state index contributed by atoms with van der Waals surface area (Å²) in [5.41, 5.74) is 1.29. The maximum atomic E-state index is 5.24. The molecule has 1 fully saturated rings. The number of guanidine groups is 1. The van der Waals surface area contributed by atoms with Gasteiger partial charge in [-0.15, -0.1) is 0 Å². The first-order chi connectivity index (χ1) is 13.1. The summed E-state index contributed by atoms with van der Waals surface area (Å²) in [6.07, 6.45) is 2.30. The van der Waals surface area contributed by atoms with E-state index in [2.05, 4.69) is 51.4 Å². The van der Waals surface area contributed by atoms with E-state index in [0.717, 1.165) is 63.9 Å². The van der Waals surface area contributed by atoms with Crippen molar-refractivity contribution in [1.29, 1.82) is 0 Å². The zero-order valence-electron chi connectivity index (χ0n) is 17.5. The molecule has 27 heavy (non-hydrogen) atoms.